The number of amides is 4. The molecule has 2 atom stereocenters. The van der Waals surface area contributed by atoms with Gasteiger partial charge >= 0.3 is 23.9 Å². The number of rotatable bonds is 47. The molecule has 68 heavy (non-hydrogen) atoms. The zero-order valence-electron chi connectivity index (χ0n) is 42.9. The van der Waals surface area contributed by atoms with Gasteiger partial charge in [0.1, 0.15) is 25.2 Å². The molecular formula is C52H94N4O12. The van der Waals surface area contributed by atoms with Gasteiger partial charge in [-0.15, -0.1) is 0 Å². The molecule has 0 aliphatic carbocycles. The molecule has 0 aromatic carbocycles. The van der Waals surface area contributed by atoms with Crippen molar-refractivity contribution in [2.24, 2.45) is 0 Å². The third-order valence-corrected chi connectivity index (χ3v) is 13.0. The molecule has 4 N–H and O–H groups in total. The first kappa shape index (κ1) is 63.8. The normalized spacial score (nSPS) is 12.0. The molecule has 394 valence electrons. The fourth-order valence-electron chi connectivity index (χ4n) is 8.60. The van der Waals surface area contributed by atoms with E-state index in [2.05, 4.69) is 13.8 Å². The predicted molar refractivity (Wildman–Crippen MR) is 265 cm³/mol. The molecule has 0 saturated carbocycles. The first-order chi connectivity index (χ1) is 32.6. The van der Waals surface area contributed by atoms with E-state index in [-0.39, 0.29) is 37.5 Å². The summed E-state index contributed by atoms with van der Waals surface area (Å²) in [6.45, 7) is 2.01. The Balaban J connectivity index is 4.97. The Morgan fingerprint density at radius 1 is 0.338 bits per heavy atom. The summed E-state index contributed by atoms with van der Waals surface area (Å²) in [4.78, 5) is 104. The van der Waals surface area contributed by atoms with E-state index in [0.29, 0.717) is 12.8 Å². The van der Waals surface area contributed by atoms with Crippen LogP contribution in [0.15, 0.2) is 0 Å². The largest absolute Gasteiger partial charge is 0.480 e. The van der Waals surface area contributed by atoms with Gasteiger partial charge in [-0.2, -0.15) is 0 Å². The van der Waals surface area contributed by atoms with Crippen LogP contribution in [0, 0.1) is 0 Å². The number of unbranched alkanes of at least 4 members (excludes halogenated alkanes) is 26. The summed E-state index contributed by atoms with van der Waals surface area (Å²) in [7, 11) is 2.73. The standard InChI is InChI=1S/C52H94N4O12/c1-5-7-9-11-13-15-17-19-21-23-25-27-29-31-33-45(57)53(3)43(51(65)66)35-37-47(59)55(41-49(61)62)39-40-56(42-50(63)64)48(60)38-36-44(52(67)68)54(4)46(58)34-32-30-28-26-24-22-20-18-16-14-12-10-8-6-2/h43-44H,5-42H2,1-4H3,(H,61,62)(H,63,64)(H,65,66)(H,67,68). The Morgan fingerprint density at radius 2 is 0.574 bits per heavy atom. The van der Waals surface area contributed by atoms with Crippen LogP contribution in [-0.2, 0) is 38.4 Å². The Kier molecular flexibility index (Phi) is 39.1. The molecule has 0 bridgehead atoms. The smallest absolute Gasteiger partial charge is 0.326 e. The van der Waals surface area contributed by atoms with Gasteiger partial charge in [0, 0.05) is 52.9 Å². The quantitative estimate of drug-likeness (QED) is 0.0418. The van der Waals surface area contributed by atoms with Crippen LogP contribution in [0.5, 0.6) is 0 Å². The Labute approximate surface area is 409 Å². The van der Waals surface area contributed by atoms with Crippen LogP contribution >= 0.6 is 0 Å². The lowest BCUT2D eigenvalue weighted by Gasteiger charge is -2.29. The van der Waals surface area contributed by atoms with E-state index < -0.39 is 86.8 Å². The highest BCUT2D eigenvalue weighted by Gasteiger charge is 2.30. The van der Waals surface area contributed by atoms with E-state index in [1.165, 1.54) is 130 Å². The fourth-order valence-corrected chi connectivity index (χ4v) is 8.60. The number of carbonyl (C=O) groups excluding carboxylic acids is 4. The molecule has 16 nitrogen and oxygen atoms in total. The molecule has 0 fully saturated rings. The van der Waals surface area contributed by atoms with Crippen molar-refractivity contribution in [3.05, 3.63) is 0 Å². The van der Waals surface area contributed by atoms with E-state index in [1.807, 2.05) is 0 Å². The summed E-state index contributed by atoms with van der Waals surface area (Å²) < 4.78 is 0. The molecule has 0 radical (unpaired) electrons. The van der Waals surface area contributed by atoms with Gasteiger partial charge in [0.05, 0.1) is 0 Å². The lowest BCUT2D eigenvalue weighted by Crippen LogP contribution is -2.46. The maximum atomic E-state index is 13.3. The van der Waals surface area contributed by atoms with Crippen molar-refractivity contribution in [2.75, 3.05) is 40.3 Å². The van der Waals surface area contributed by atoms with Crippen molar-refractivity contribution in [1.29, 1.82) is 0 Å². The number of carboxylic acids is 4. The number of aliphatic carboxylic acids is 4. The SMILES string of the molecule is CCCCCCCCCCCCCCCCC(=O)N(C)C(CCC(=O)N(CCN(CC(=O)O)C(=O)CCC(C(=O)O)N(C)C(=O)CCCCCCCCCCCCCCCC)CC(=O)O)C(=O)O. The maximum Gasteiger partial charge on any atom is 0.326 e. The number of carboxylic acid groups (broad SMARTS) is 4. The van der Waals surface area contributed by atoms with Crippen molar-refractivity contribution in [2.45, 2.75) is 244 Å². The Bertz CT molecular complexity index is 1320. The van der Waals surface area contributed by atoms with Crippen molar-refractivity contribution < 1.29 is 58.8 Å². The monoisotopic (exact) mass is 967 g/mol. The second kappa shape index (κ2) is 41.7. The molecule has 0 rings (SSSR count). The molecule has 2 unspecified atom stereocenters. The van der Waals surface area contributed by atoms with Crippen LogP contribution in [0.3, 0.4) is 0 Å². The van der Waals surface area contributed by atoms with Gasteiger partial charge in [-0.1, -0.05) is 181 Å². The average Bonchev–Trinajstić information content (AvgIpc) is 3.29. The van der Waals surface area contributed by atoms with Crippen LogP contribution < -0.4 is 0 Å². The Morgan fingerprint density at radius 3 is 0.794 bits per heavy atom. The minimum absolute atomic E-state index is 0.157. The molecule has 4 amide bonds. The summed E-state index contributed by atoms with van der Waals surface area (Å²) >= 11 is 0. The molecule has 0 aromatic rings. The summed E-state index contributed by atoms with van der Waals surface area (Å²) in [5, 5.41) is 39.0. The zero-order chi connectivity index (χ0) is 51.0. The van der Waals surface area contributed by atoms with Crippen molar-refractivity contribution in [3.63, 3.8) is 0 Å². The minimum Gasteiger partial charge on any atom is -0.480 e. The van der Waals surface area contributed by atoms with Gasteiger partial charge in [0.15, 0.2) is 0 Å². The Hall–Kier alpha value is -4.24. The average molecular weight is 967 g/mol. The second-order valence-electron chi connectivity index (χ2n) is 18.9. The highest BCUT2D eigenvalue weighted by molar-refractivity contribution is 5.86. The summed E-state index contributed by atoms with van der Waals surface area (Å²) in [5.74, 6) is -7.71. The van der Waals surface area contributed by atoms with Crippen molar-refractivity contribution in [3.8, 4) is 0 Å². The second-order valence-corrected chi connectivity index (χ2v) is 18.9. The van der Waals surface area contributed by atoms with Crippen LogP contribution in [-0.4, -0.2) is 140 Å². The van der Waals surface area contributed by atoms with Crippen LogP contribution in [0.4, 0.5) is 0 Å². The van der Waals surface area contributed by atoms with Gasteiger partial charge in [-0.25, -0.2) is 9.59 Å². The molecular weight excluding hydrogens is 873 g/mol. The van der Waals surface area contributed by atoms with E-state index in [1.54, 1.807) is 0 Å². The first-order valence-corrected chi connectivity index (χ1v) is 26.5. The molecule has 0 spiro atoms. The number of likely N-dealkylation sites (N-methyl/N-ethyl adjacent to an activating group) is 2. The predicted octanol–water partition coefficient (Wildman–Crippen LogP) is 9.94. The number of hydrogen-bond acceptors (Lipinski definition) is 8. The molecule has 0 aliphatic heterocycles. The van der Waals surface area contributed by atoms with Gasteiger partial charge in [0.2, 0.25) is 23.6 Å². The third kappa shape index (κ3) is 33.3. The molecule has 0 aromatic heterocycles. The van der Waals surface area contributed by atoms with Gasteiger partial charge in [0.25, 0.3) is 0 Å². The first-order valence-electron chi connectivity index (χ1n) is 26.5. The van der Waals surface area contributed by atoms with Gasteiger partial charge in [-0.05, 0) is 25.7 Å². The lowest BCUT2D eigenvalue weighted by atomic mass is 10.0. The zero-order valence-corrected chi connectivity index (χ0v) is 42.9. The van der Waals surface area contributed by atoms with Gasteiger partial charge < -0.3 is 40.0 Å². The fraction of sp³-hybridized carbons (Fsp3) is 0.846. The number of carbonyl (C=O) groups is 8. The maximum absolute atomic E-state index is 13.3. The van der Waals surface area contributed by atoms with E-state index in [0.717, 1.165) is 71.0 Å². The van der Waals surface area contributed by atoms with Crippen LogP contribution in [0.1, 0.15) is 232 Å². The molecule has 0 saturated heterocycles. The highest BCUT2D eigenvalue weighted by Crippen LogP contribution is 2.18. The van der Waals surface area contributed by atoms with Crippen molar-refractivity contribution >= 4 is 47.5 Å². The lowest BCUT2D eigenvalue weighted by molar-refractivity contribution is -0.151. The van der Waals surface area contributed by atoms with E-state index in [9.17, 15) is 58.8 Å². The van der Waals surface area contributed by atoms with Gasteiger partial charge in [-0.3, -0.25) is 28.8 Å². The number of hydrogen-bond donors (Lipinski definition) is 4. The summed E-state index contributed by atoms with van der Waals surface area (Å²) in [6, 6.07) is -2.69. The van der Waals surface area contributed by atoms with Crippen LogP contribution in [0.25, 0.3) is 0 Å². The van der Waals surface area contributed by atoms with Crippen molar-refractivity contribution in [1.82, 2.24) is 19.6 Å². The highest BCUT2D eigenvalue weighted by atomic mass is 16.4. The summed E-state index contributed by atoms with van der Waals surface area (Å²) in [6.07, 6.45) is 31.3. The topological polar surface area (TPSA) is 230 Å². The number of nitrogens with zero attached hydrogens (tertiary/aromatic N) is 4. The van der Waals surface area contributed by atoms with E-state index in [4.69, 9.17) is 0 Å². The van der Waals surface area contributed by atoms with Crippen LogP contribution in [0.2, 0.25) is 0 Å². The molecule has 16 heteroatoms. The van der Waals surface area contributed by atoms with E-state index >= 15 is 0 Å². The molecule has 0 aliphatic rings. The third-order valence-electron chi connectivity index (χ3n) is 13.0. The molecule has 0 heterocycles. The summed E-state index contributed by atoms with van der Waals surface area (Å²) in [5.41, 5.74) is 0. The minimum atomic E-state index is -1.39.